The highest BCUT2D eigenvalue weighted by molar-refractivity contribution is 7.17. The number of aryl methyl sites for hydroxylation is 1. The largest absolute Gasteiger partial charge is 0.495 e. The van der Waals surface area contributed by atoms with E-state index < -0.39 is 5.97 Å². The van der Waals surface area contributed by atoms with Crippen LogP contribution in [-0.4, -0.2) is 35.0 Å². The first-order valence-corrected chi connectivity index (χ1v) is 13.1. The molecule has 10 nitrogen and oxygen atoms in total. The van der Waals surface area contributed by atoms with Crippen molar-refractivity contribution < 1.29 is 28.4 Å². The van der Waals surface area contributed by atoms with Crippen LogP contribution in [0.4, 0.5) is 10.7 Å². The lowest BCUT2D eigenvalue weighted by molar-refractivity contribution is -0.115. The van der Waals surface area contributed by atoms with Crippen molar-refractivity contribution in [3.05, 3.63) is 74.4 Å². The van der Waals surface area contributed by atoms with Gasteiger partial charge in [0.05, 0.1) is 29.7 Å². The van der Waals surface area contributed by atoms with Gasteiger partial charge in [-0.15, -0.1) is 22.7 Å². The molecule has 2 amide bonds. The number of amides is 2. The number of aromatic nitrogens is 2. The number of anilines is 2. The van der Waals surface area contributed by atoms with Crippen LogP contribution >= 0.6 is 22.7 Å². The van der Waals surface area contributed by atoms with Gasteiger partial charge in [0.1, 0.15) is 10.8 Å². The Balaban J connectivity index is 1.21. The minimum atomic E-state index is -0.574. The number of carbonyl (C=O) groups is 3. The van der Waals surface area contributed by atoms with E-state index in [0.717, 1.165) is 29.7 Å². The third-order valence-corrected chi connectivity index (χ3v) is 7.71. The van der Waals surface area contributed by atoms with Gasteiger partial charge in [-0.05, 0) is 48.4 Å². The highest BCUT2D eigenvalue weighted by atomic mass is 32.1. The molecule has 0 atom stereocenters. The molecule has 4 aromatic rings. The second-order valence-electron chi connectivity index (χ2n) is 8.10. The maximum Gasteiger partial charge on any atom is 0.341 e. The first-order chi connectivity index (χ1) is 18.0. The standard InChI is InChI=1S/C25H22N4O6S2/c1-33-16-8-3-2-7-15(16)26-20(30)12-19-27-21(35-29-19)13-34-25(32)22-14-6-4-9-17(14)37-24(22)28-23(31)18-10-5-11-36-18/h2-3,5,7-8,10-11H,4,6,9,12-13H2,1H3,(H,26,30)(H,28,31). The van der Waals surface area contributed by atoms with E-state index >= 15 is 0 Å². The molecule has 0 spiro atoms. The van der Waals surface area contributed by atoms with Crippen molar-refractivity contribution in [2.24, 2.45) is 0 Å². The molecule has 0 saturated carbocycles. The molecule has 12 heteroatoms. The first kappa shape index (κ1) is 24.7. The van der Waals surface area contributed by atoms with E-state index in [4.69, 9.17) is 14.0 Å². The molecule has 190 valence electrons. The average molecular weight is 539 g/mol. The molecule has 0 aliphatic heterocycles. The predicted octanol–water partition coefficient (Wildman–Crippen LogP) is 4.48. The summed E-state index contributed by atoms with van der Waals surface area (Å²) in [5.74, 6) is -0.453. The minimum absolute atomic E-state index is 0.0597. The zero-order valence-corrected chi connectivity index (χ0v) is 21.4. The molecule has 5 rings (SSSR count). The molecule has 2 N–H and O–H groups in total. The Bertz CT molecular complexity index is 1440. The van der Waals surface area contributed by atoms with Gasteiger partial charge in [0, 0.05) is 4.88 Å². The fraction of sp³-hybridized carbons (Fsp3) is 0.240. The number of rotatable bonds is 9. The summed E-state index contributed by atoms with van der Waals surface area (Å²) < 4.78 is 15.8. The molecule has 1 aliphatic carbocycles. The van der Waals surface area contributed by atoms with Crippen LogP contribution in [0.3, 0.4) is 0 Å². The Labute approximate surface area is 219 Å². The van der Waals surface area contributed by atoms with Gasteiger partial charge in [-0.1, -0.05) is 23.4 Å². The van der Waals surface area contributed by atoms with E-state index in [-0.39, 0.29) is 36.6 Å². The van der Waals surface area contributed by atoms with Gasteiger partial charge in [0.25, 0.3) is 11.8 Å². The average Bonchev–Trinajstić information content (AvgIpc) is 3.68. The summed E-state index contributed by atoms with van der Waals surface area (Å²) in [5, 5.41) is 11.7. The Hall–Kier alpha value is -4.03. The Morgan fingerprint density at radius 3 is 2.78 bits per heavy atom. The maximum atomic E-state index is 13.0. The minimum Gasteiger partial charge on any atom is -0.495 e. The van der Waals surface area contributed by atoms with Gasteiger partial charge in [-0.25, -0.2) is 4.79 Å². The predicted molar refractivity (Wildman–Crippen MR) is 137 cm³/mol. The summed E-state index contributed by atoms with van der Waals surface area (Å²) in [5.41, 5.74) is 1.81. The van der Waals surface area contributed by atoms with Crippen LogP contribution in [0, 0.1) is 0 Å². The van der Waals surface area contributed by atoms with E-state index in [9.17, 15) is 14.4 Å². The van der Waals surface area contributed by atoms with Gasteiger partial charge >= 0.3 is 5.97 Å². The highest BCUT2D eigenvalue weighted by Crippen LogP contribution is 2.40. The van der Waals surface area contributed by atoms with Crippen LogP contribution in [0.25, 0.3) is 0 Å². The number of thiophene rings is 2. The lowest BCUT2D eigenvalue weighted by Crippen LogP contribution is -2.16. The second kappa shape index (κ2) is 10.9. The summed E-state index contributed by atoms with van der Waals surface area (Å²) in [7, 11) is 1.52. The van der Waals surface area contributed by atoms with Crippen molar-refractivity contribution in [3.8, 4) is 5.75 Å². The van der Waals surface area contributed by atoms with Crippen LogP contribution in [-0.2, 0) is 35.4 Å². The number of ether oxygens (including phenoxy) is 2. The Kier molecular flexibility index (Phi) is 7.28. The van der Waals surface area contributed by atoms with E-state index in [2.05, 4.69) is 20.8 Å². The lowest BCUT2D eigenvalue weighted by Gasteiger charge is -2.08. The summed E-state index contributed by atoms with van der Waals surface area (Å²) in [6.07, 6.45) is 2.42. The monoisotopic (exact) mass is 538 g/mol. The van der Waals surface area contributed by atoms with Crippen LogP contribution in [0.2, 0.25) is 0 Å². The molecule has 0 unspecified atom stereocenters. The first-order valence-electron chi connectivity index (χ1n) is 11.4. The third kappa shape index (κ3) is 5.54. The quantitative estimate of drug-likeness (QED) is 0.298. The summed E-state index contributed by atoms with van der Waals surface area (Å²) >= 11 is 2.73. The highest BCUT2D eigenvalue weighted by Gasteiger charge is 2.29. The fourth-order valence-electron chi connectivity index (χ4n) is 3.99. The summed E-state index contributed by atoms with van der Waals surface area (Å²) in [6, 6.07) is 10.6. The summed E-state index contributed by atoms with van der Waals surface area (Å²) in [6.45, 7) is -0.261. The van der Waals surface area contributed by atoms with Crippen LogP contribution < -0.4 is 15.4 Å². The van der Waals surface area contributed by atoms with Gasteiger partial charge in [-0.2, -0.15) is 4.98 Å². The van der Waals surface area contributed by atoms with Crippen molar-refractivity contribution in [2.45, 2.75) is 32.3 Å². The molecule has 0 radical (unpaired) electrons. The van der Waals surface area contributed by atoms with Crippen LogP contribution in [0.1, 0.15) is 48.6 Å². The number of methoxy groups -OCH3 is 1. The number of hydrogen-bond donors (Lipinski definition) is 2. The Morgan fingerprint density at radius 1 is 1.11 bits per heavy atom. The third-order valence-electron chi connectivity index (χ3n) is 5.63. The Morgan fingerprint density at radius 2 is 1.97 bits per heavy atom. The summed E-state index contributed by atoms with van der Waals surface area (Å²) in [4.78, 5) is 43.8. The van der Waals surface area contributed by atoms with Gasteiger partial charge in [0.15, 0.2) is 12.4 Å². The molecular formula is C25H22N4O6S2. The van der Waals surface area contributed by atoms with E-state index in [1.165, 1.54) is 29.8 Å². The molecular weight excluding hydrogens is 516 g/mol. The van der Waals surface area contributed by atoms with E-state index in [1.54, 1.807) is 36.4 Å². The smallest absolute Gasteiger partial charge is 0.341 e. The molecule has 3 heterocycles. The second-order valence-corrected chi connectivity index (χ2v) is 10.2. The van der Waals surface area contributed by atoms with Crippen molar-refractivity contribution in [3.63, 3.8) is 0 Å². The molecule has 1 aromatic carbocycles. The van der Waals surface area contributed by atoms with Gasteiger partial charge < -0.3 is 24.6 Å². The molecule has 0 saturated heterocycles. The van der Waals surface area contributed by atoms with Crippen LogP contribution in [0.5, 0.6) is 5.75 Å². The molecule has 0 bridgehead atoms. The molecule has 37 heavy (non-hydrogen) atoms. The number of esters is 1. The molecule has 0 fully saturated rings. The lowest BCUT2D eigenvalue weighted by atomic mass is 10.1. The zero-order chi connectivity index (χ0) is 25.8. The van der Waals surface area contributed by atoms with Gasteiger partial charge in [0.2, 0.25) is 5.91 Å². The number of hydrogen-bond acceptors (Lipinski definition) is 10. The van der Waals surface area contributed by atoms with Crippen molar-refractivity contribution in [1.29, 1.82) is 0 Å². The fourth-order valence-corrected chi connectivity index (χ4v) is 5.88. The van der Waals surface area contributed by atoms with Crippen molar-refractivity contribution in [1.82, 2.24) is 10.1 Å². The van der Waals surface area contributed by atoms with E-state index in [0.29, 0.717) is 26.9 Å². The number of carbonyl (C=O) groups excluding carboxylic acids is 3. The number of para-hydroxylation sites is 2. The van der Waals surface area contributed by atoms with Gasteiger partial charge in [-0.3, -0.25) is 9.59 Å². The number of nitrogens with one attached hydrogen (secondary N) is 2. The number of nitrogens with zero attached hydrogens (tertiary/aromatic N) is 2. The van der Waals surface area contributed by atoms with Crippen molar-refractivity contribution in [2.75, 3.05) is 17.7 Å². The van der Waals surface area contributed by atoms with E-state index in [1.807, 2.05) is 5.38 Å². The molecule has 1 aliphatic rings. The number of fused-ring (bicyclic) bond motifs is 1. The van der Waals surface area contributed by atoms with Crippen molar-refractivity contribution >= 4 is 51.1 Å². The topological polar surface area (TPSA) is 133 Å². The zero-order valence-electron chi connectivity index (χ0n) is 19.7. The van der Waals surface area contributed by atoms with Crippen LogP contribution in [0.15, 0.2) is 46.3 Å². The molecule has 3 aromatic heterocycles. The normalized spacial score (nSPS) is 12.1. The maximum absolute atomic E-state index is 13.0. The SMILES string of the molecule is COc1ccccc1NC(=O)Cc1noc(COC(=O)c2c(NC(=O)c3cccs3)sc3c2CCC3)n1. The number of benzene rings is 1.